The van der Waals surface area contributed by atoms with Crippen molar-refractivity contribution in [3.8, 4) is 0 Å². The van der Waals surface area contributed by atoms with Crippen LogP contribution >= 0.6 is 0 Å². The van der Waals surface area contributed by atoms with Gasteiger partial charge in [-0.15, -0.1) is 0 Å². The van der Waals surface area contributed by atoms with Crippen LogP contribution in [-0.2, 0) is 19.1 Å². The van der Waals surface area contributed by atoms with E-state index in [-0.39, 0.29) is 18.5 Å². The molecule has 5 nitrogen and oxygen atoms in total. The first-order valence-electron chi connectivity index (χ1n) is 20.2. The Morgan fingerprint density at radius 3 is 1.21 bits per heavy atom. The first-order chi connectivity index (χ1) is 22.8. The number of quaternary nitrogens is 1. The highest BCUT2D eigenvalue weighted by atomic mass is 16.6. The Labute approximate surface area is 293 Å². The second kappa shape index (κ2) is 34.3. The van der Waals surface area contributed by atoms with Crippen molar-refractivity contribution < 1.29 is 23.5 Å². The molecule has 0 saturated heterocycles. The molecule has 0 aromatic rings. The average Bonchev–Trinajstić information content (AvgIpc) is 3.03. The van der Waals surface area contributed by atoms with Crippen molar-refractivity contribution in [1.29, 1.82) is 0 Å². The molecule has 0 N–H and O–H groups in total. The third-order valence-corrected chi connectivity index (χ3v) is 8.77. The van der Waals surface area contributed by atoms with Gasteiger partial charge < -0.3 is 14.0 Å². The predicted molar refractivity (Wildman–Crippen MR) is 203 cm³/mol. The number of esters is 2. The standard InChI is InChI=1S/C42H80NO4/c1-6-8-10-12-14-16-18-20-22-24-26-28-30-32-34-36-41(44)46-39-40(38-43(3,4)5)47-42(45)37-35-33-31-29-27-25-23-21-19-17-15-13-11-9-7-2/h20-23,40H,6-19,24-39H2,1-5H3/q+1/t40-/m0/s1. The Balaban J connectivity index is 3.89. The summed E-state index contributed by atoms with van der Waals surface area (Å²) in [6.07, 6.45) is 42.1. The number of ether oxygens (including phenoxy) is 2. The first-order valence-corrected chi connectivity index (χ1v) is 20.2. The molecule has 1 atom stereocenters. The highest BCUT2D eigenvalue weighted by Gasteiger charge is 2.23. The van der Waals surface area contributed by atoms with E-state index in [0.717, 1.165) is 38.5 Å². The average molecular weight is 663 g/mol. The summed E-state index contributed by atoms with van der Waals surface area (Å²) < 4.78 is 12.0. The fourth-order valence-electron chi connectivity index (χ4n) is 5.92. The van der Waals surface area contributed by atoms with E-state index >= 15 is 0 Å². The first kappa shape index (κ1) is 45.4. The van der Waals surface area contributed by atoms with Crippen molar-refractivity contribution in [3.05, 3.63) is 24.3 Å². The van der Waals surface area contributed by atoms with Crippen LogP contribution in [0.15, 0.2) is 24.3 Å². The molecule has 0 aromatic heterocycles. The lowest BCUT2D eigenvalue weighted by atomic mass is 10.1. The summed E-state index contributed by atoms with van der Waals surface area (Å²) in [6.45, 7) is 5.31. The quantitative estimate of drug-likeness (QED) is 0.0293. The van der Waals surface area contributed by atoms with E-state index in [1.54, 1.807) is 0 Å². The highest BCUT2D eigenvalue weighted by molar-refractivity contribution is 5.70. The van der Waals surface area contributed by atoms with E-state index in [0.29, 0.717) is 23.9 Å². The zero-order valence-electron chi connectivity index (χ0n) is 32.2. The van der Waals surface area contributed by atoms with Crippen LogP contribution < -0.4 is 0 Å². The summed E-state index contributed by atoms with van der Waals surface area (Å²) in [5, 5.41) is 0. The van der Waals surface area contributed by atoms with Crippen LogP contribution in [0.25, 0.3) is 0 Å². The van der Waals surface area contributed by atoms with Crippen molar-refractivity contribution in [3.63, 3.8) is 0 Å². The number of hydrogen-bond acceptors (Lipinski definition) is 4. The Morgan fingerprint density at radius 2 is 0.830 bits per heavy atom. The molecule has 0 aliphatic rings. The van der Waals surface area contributed by atoms with Gasteiger partial charge >= 0.3 is 11.9 Å². The minimum absolute atomic E-state index is 0.150. The predicted octanol–water partition coefficient (Wildman–Crippen LogP) is 12.2. The molecule has 0 fully saturated rings. The highest BCUT2D eigenvalue weighted by Crippen LogP contribution is 2.13. The van der Waals surface area contributed by atoms with Gasteiger partial charge in [0.25, 0.3) is 0 Å². The minimum Gasteiger partial charge on any atom is -0.461 e. The summed E-state index contributed by atoms with van der Waals surface area (Å²) in [5.74, 6) is -0.350. The molecule has 0 bridgehead atoms. The Bertz CT molecular complexity index is 754. The molecule has 0 aromatic carbocycles. The molecule has 0 rings (SSSR count). The maximum Gasteiger partial charge on any atom is 0.306 e. The lowest BCUT2D eigenvalue weighted by Crippen LogP contribution is -2.45. The monoisotopic (exact) mass is 663 g/mol. The largest absolute Gasteiger partial charge is 0.461 e. The number of nitrogens with zero attached hydrogens (tertiary/aromatic N) is 1. The molecule has 0 amide bonds. The molecule has 0 radical (unpaired) electrons. The smallest absolute Gasteiger partial charge is 0.306 e. The summed E-state index contributed by atoms with van der Waals surface area (Å²) in [4.78, 5) is 24.9. The second-order valence-electron chi connectivity index (χ2n) is 14.9. The van der Waals surface area contributed by atoms with Gasteiger partial charge in [-0.3, -0.25) is 9.59 Å². The van der Waals surface area contributed by atoms with Crippen molar-refractivity contribution in [1.82, 2.24) is 0 Å². The van der Waals surface area contributed by atoms with Crippen LogP contribution in [0.2, 0.25) is 0 Å². The van der Waals surface area contributed by atoms with E-state index in [4.69, 9.17) is 9.47 Å². The Morgan fingerprint density at radius 1 is 0.489 bits per heavy atom. The van der Waals surface area contributed by atoms with Crippen molar-refractivity contribution in [2.24, 2.45) is 0 Å². The van der Waals surface area contributed by atoms with Crippen molar-refractivity contribution >= 4 is 11.9 Å². The third kappa shape index (κ3) is 37.1. The molecular weight excluding hydrogens is 582 g/mol. The molecule has 0 aliphatic heterocycles. The molecule has 0 unspecified atom stereocenters. The molecule has 0 aliphatic carbocycles. The second-order valence-corrected chi connectivity index (χ2v) is 14.9. The third-order valence-electron chi connectivity index (χ3n) is 8.77. The van der Waals surface area contributed by atoms with Crippen LogP contribution in [0.1, 0.15) is 194 Å². The molecule has 0 spiro atoms. The van der Waals surface area contributed by atoms with E-state index in [1.165, 1.54) is 128 Å². The number of hydrogen-bond donors (Lipinski definition) is 0. The Kier molecular flexibility index (Phi) is 33.1. The number of carbonyl (C=O) groups is 2. The minimum atomic E-state index is -0.399. The number of unbranched alkanes of at least 4 members (excludes halogenated alkanes) is 22. The van der Waals surface area contributed by atoms with Crippen LogP contribution in [-0.4, -0.2) is 56.8 Å². The Hall–Kier alpha value is -1.62. The van der Waals surface area contributed by atoms with Gasteiger partial charge in [0, 0.05) is 12.8 Å². The summed E-state index contributed by atoms with van der Waals surface area (Å²) >= 11 is 0. The normalized spacial score (nSPS) is 12.7. The SMILES string of the molecule is CCCCCCCCC=CCCCCCCCC(=O)OC[C@H](C[N+](C)(C)C)OC(=O)CCCCCCCC=CCCCCCCCC. The van der Waals surface area contributed by atoms with E-state index in [9.17, 15) is 9.59 Å². The van der Waals surface area contributed by atoms with Gasteiger partial charge in [-0.05, 0) is 64.2 Å². The topological polar surface area (TPSA) is 52.6 Å². The number of carbonyl (C=O) groups excluding carboxylic acids is 2. The lowest BCUT2D eigenvalue weighted by molar-refractivity contribution is -0.873. The number of likely N-dealkylation sites (N-methyl/N-ethyl adjacent to an activating group) is 1. The van der Waals surface area contributed by atoms with Gasteiger partial charge in [0.15, 0.2) is 6.10 Å². The van der Waals surface area contributed by atoms with Crippen molar-refractivity contribution in [2.75, 3.05) is 34.3 Å². The zero-order chi connectivity index (χ0) is 34.7. The van der Waals surface area contributed by atoms with Crippen LogP contribution in [0.3, 0.4) is 0 Å². The van der Waals surface area contributed by atoms with Crippen LogP contribution in [0.4, 0.5) is 0 Å². The molecule has 47 heavy (non-hydrogen) atoms. The van der Waals surface area contributed by atoms with Gasteiger partial charge in [-0.2, -0.15) is 0 Å². The van der Waals surface area contributed by atoms with Crippen LogP contribution in [0.5, 0.6) is 0 Å². The summed E-state index contributed by atoms with van der Waals surface area (Å²) in [6, 6.07) is 0. The number of rotatable bonds is 35. The summed E-state index contributed by atoms with van der Waals surface area (Å²) in [5.41, 5.74) is 0. The molecule has 276 valence electrons. The van der Waals surface area contributed by atoms with E-state index < -0.39 is 6.10 Å². The van der Waals surface area contributed by atoms with Gasteiger partial charge in [0.2, 0.25) is 0 Å². The van der Waals surface area contributed by atoms with Crippen molar-refractivity contribution in [2.45, 2.75) is 200 Å². The molecular formula is C42H80NO4+. The fraction of sp³-hybridized carbons (Fsp3) is 0.857. The fourth-order valence-corrected chi connectivity index (χ4v) is 5.92. The van der Waals surface area contributed by atoms with E-state index in [2.05, 4.69) is 59.3 Å². The van der Waals surface area contributed by atoms with Gasteiger partial charge in [-0.25, -0.2) is 0 Å². The zero-order valence-corrected chi connectivity index (χ0v) is 32.2. The number of allylic oxidation sites excluding steroid dienone is 4. The van der Waals surface area contributed by atoms with Gasteiger partial charge in [-0.1, -0.05) is 141 Å². The molecule has 0 heterocycles. The summed E-state index contributed by atoms with van der Waals surface area (Å²) in [7, 11) is 6.20. The molecule has 5 heteroatoms. The van der Waals surface area contributed by atoms with Gasteiger partial charge in [0.05, 0.1) is 21.1 Å². The lowest BCUT2D eigenvalue weighted by Gasteiger charge is -2.28. The van der Waals surface area contributed by atoms with Gasteiger partial charge in [0.1, 0.15) is 13.2 Å². The maximum atomic E-state index is 12.6. The van der Waals surface area contributed by atoms with Crippen LogP contribution in [0, 0.1) is 0 Å². The molecule has 0 saturated carbocycles. The maximum absolute atomic E-state index is 12.6. The van der Waals surface area contributed by atoms with E-state index in [1.807, 2.05) is 0 Å².